The number of hydrogen-bond acceptors (Lipinski definition) is 18. The van der Waals surface area contributed by atoms with Crippen molar-refractivity contribution in [3.05, 3.63) is 61.3 Å². The number of hydrogen-bond donors (Lipinski definition) is 9. The van der Waals surface area contributed by atoms with E-state index in [1.165, 1.54) is 13.8 Å². The van der Waals surface area contributed by atoms with Crippen LogP contribution in [0.15, 0.2) is 61.3 Å². The van der Waals surface area contributed by atoms with Crippen LogP contribution in [0.3, 0.4) is 0 Å². The van der Waals surface area contributed by atoms with Crippen LogP contribution in [0.2, 0.25) is 0 Å². The lowest BCUT2D eigenvalue weighted by atomic mass is 9.87. The lowest BCUT2D eigenvalue weighted by Gasteiger charge is -2.30. The SMILES string of the molecule is CC/C=C\C/C=C\C/C=C\C/C=C\CCCCCCC(=O)SCCNC(=O)CCNC(=O)[C@H](O)C(C)(C)COP(=O)(O)OP(=O)(O)OC[C@H]1O[C@@H](n2cnc3c(N)ncnc32)[C@H](O)[C@@H]1OP(=O)(O)O. The van der Waals surface area contributed by atoms with Crippen LogP contribution >= 0.6 is 35.2 Å². The molecule has 2 aromatic heterocycles. The third-order valence-electron chi connectivity index (χ3n) is 9.99. The van der Waals surface area contributed by atoms with E-state index in [2.05, 4.69) is 90.0 Å². The van der Waals surface area contributed by atoms with Gasteiger partial charge in [-0.1, -0.05) is 94.0 Å². The number of fused-ring (bicyclic) bond motifs is 1. The molecule has 1 fully saturated rings. The number of nitrogens with two attached hydrogens (primary N) is 1. The molecule has 0 aromatic carbocycles. The maximum absolute atomic E-state index is 12.7. The molecule has 1 aliphatic rings. The third kappa shape index (κ3) is 22.6. The molecule has 10 N–H and O–H groups in total. The van der Waals surface area contributed by atoms with Gasteiger partial charge < -0.3 is 50.9 Å². The van der Waals surface area contributed by atoms with Gasteiger partial charge in [0.05, 0.1) is 19.5 Å². The molecule has 0 saturated carbocycles. The minimum atomic E-state index is -5.58. The van der Waals surface area contributed by atoms with Crippen LogP contribution in [0.5, 0.6) is 0 Å². The average Bonchev–Trinajstić information content (AvgIpc) is 3.84. The van der Waals surface area contributed by atoms with Gasteiger partial charge in [-0.2, -0.15) is 4.31 Å². The molecule has 69 heavy (non-hydrogen) atoms. The summed E-state index contributed by atoms with van der Waals surface area (Å²) in [6.45, 7) is 2.65. The Morgan fingerprint density at radius 2 is 1.52 bits per heavy atom. The van der Waals surface area contributed by atoms with Gasteiger partial charge in [-0.05, 0) is 44.9 Å². The third-order valence-corrected chi connectivity index (χ3v) is 14.0. The Bertz CT molecular complexity index is 2220. The Morgan fingerprint density at radius 1 is 0.884 bits per heavy atom. The highest BCUT2D eigenvalue weighted by Crippen LogP contribution is 2.61. The number of carbonyl (C=O) groups excluding carboxylic acids is 3. The van der Waals surface area contributed by atoms with E-state index in [0.717, 1.165) is 86.8 Å². The second kappa shape index (κ2) is 29.8. The van der Waals surface area contributed by atoms with Crippen LogP contribution in [0.1, 0.15) is 97.6 Å². The zero-order valence-corrected chi connectivity index (χ0v) is 42.3. The van der Waals surface area contributed by atoms with E-state index >= 15 is 0 Å². The highest BCUT2D eigenvalue weighted by Gasteiger charge is 2.50. The van der Waals surface area contributed by atoms with Crippen LogP contribution in [-0.4, -0.2) is 123 Å². The fourth-order valence-corrected chi connectivity index (χ4v) is 9.90. The van der Waals surface area contributed by atoms with Gasteiger partial charge in [0.1, 0.15) is 36.3 Å². The summed E-state index contributed by atoms with van der Waals surface area (Å²) in [6, 6.07) is 0. The fraction of sp³-hybridized carbons (Fsp3) is 0.610. The quantitative estimate of drug-likeness (QED) is 0.0263. The lowest BCUT2D eigenvalue weighted by Crippen LogP contribution is -2.46. The molecule has 2 aromatic rings. The molecule has 2 amide bonds. The van der Waals surface area contributed by atoms with Crippen LogP contribution in [-0.2, 0) is 50.7 Å². The molecule has 7 atom stereocenters. The van der Waals surface area contributed by atoms with Crippen LogP contribution in [0.4, 0.5) is 5.82 Å². The summed E-state index contributed by atoms with van der Waals surface area (Å²) < 4.78 is 62.4. The number of thioether (sulfide) groups is 1. The number of rotatable bonds is 33. The van der Waals surface area contributed by atoms with E-state index in [-0.39, 0.29) is 41.6 Å². The number of nitrogen functional groups attached to an aromatic ring is 1. The second-order valence-electron chi connectivity index (χ2n) is 16.2. The fourth-order valence-electron chi connectivity index (χ4n) is 6.35. The Hall–Kier alpha value is -3.48. The van der Waals surface area contributed by atoms with E-state index < -0.39 is 84.6 Å². The van der Waals surface area contributed by atoms with Gasteiger partial charge in [0.15, 0.2) is 22.8 Å². The number of ether oxygens (including phenoxy) is 1. The van der Waals surface area contributed by atoms with Gasteiger partial charge in [-0.3, -0.25) is 32.5 Å². The van der Waals surface area contributed by atoms with E-state index in [1.54, 1.807) is 0 Å². The molecule has 0 aliphatic carbocycles. The van der Waals surface area contributed by atoms with Crippen LogP contribution < -0.4 is 16.4 Å². The summed E-state index contributed by atoms with van der Waals surface area (Å²) >= 11 is 1.13. The zero-order chi connectivity index (χ0) is 51.1. The summed E-state index contributed by atoms with van der Waals surface area (Å²) in [5.41, 5.74) is 4.28. The van der Waals surface area contributed by atoms with Crippen molar-refractivity contribution in [2.75, 3.05) is 37.8 Å². The predicted octanol–water partition coefficient (Wildman–Crippen LogP) is 4.81. The number of amides is 2. The van der Waals surface area contributed by atoms with E-state index in [9.17, 15) is 57.9 Å². The summed E-state index contributed by atoms with van der Waals surface area (Å²) in [7, 11) is -16.4. The van der Waals surface area contributed by atoms with E-state index in [1.807, 2.05) is 0 Å². The first-order valence-electron chi connectivity index (χ1n) is 22.2. The summed E-state index contributed by atoms with van der Waals surface area (Å²) in [6.07, 6.45) is 19.6. The van der Waals surface area contributed by atoms with Crippen LogP contribution in [0, 0.1) is 5.41 Å². The van der Waals surface area contributed by atoms with Gasteiger partial charge in [-0.25, -0.2) is 28.6 Å². The van der Waals surface area contributed by atoms with Crippen molar-refractivity contribution in [1.82, 2.24) is 30.2 Å². The summed E-state index contributed by atoms with van der Waals surface area (Å²) in [5, 5.41) is 26.6. The molecule has 388 valence electrons. The number of phosphoric ester groups is 3. The molecule has 1 saturated heterocycles. The van der Waals surface area contributed by atoms with Crippen LogP contribution in [0.25, 0.3) is 11.2 Å². The van der Waals surface area contributed by atoms with Crippen molar-refractivity contribution in [3.63, 3.8) is 0 Å². The number of unbranched alkanes of at least 4 members (excludes halogenated alkanes) is 4. The molecule has 0 bridgehead atoms. The monoisotopic (exact) mass is 1050 g/mol. The maximum Gasteiger partial charge on any atom is 0.481 e. The molecule has 0 radical (unpaired) electrons. The van der Waals surface area contributed by atoms with Crippen molar-refractivity contribution in [2.24, 2.45) is 5.41 Å². The van der Waals surface area contributed by atoms with E-state index in [4.69, 9.17) is 19.5 Å². The molecule has 2 unspecified atom stereocenters. The van der Waals surface area contributed by atoms with Gasteiger partial charge in [0, 0.05) is 37.1 Å². The van der Waals surface area contributed by atoms with Gasteiger partial charge >= 0.3 is 23.5 Å². The number of aliphatic hydroxyl groups is 2. The lowest BCUT2D eigenvalue weighted by molar-refractivity contribution is -0.137. The molecule has 0 spiro atoms. The average molecular weight is 1050 g/mol. The first kappa shape index (κ1) is 59.8. The molecule has 28 heteroatoms. The molecular weight excluding hydrogens is 987 g/mol. The zero-order valence-electron chi connectivity index (χ0n) is 38.8. The minimum absolute atomic E-state index is 0.0310. The molecule has 3 rings (SSSR count). The second-order valence-corrected chi connectivity index (χ2v) is 21.6. The van der Waals surface area contributed by atoms with Crippen molar-refractivity contribution < 1.29 is 80.5 Å². The summed E-state index contributed by atoms with van der Waals surface area (Å²) in [5.74, 6) is -1.06. The number of phosphoric acid groups is 3. The maximum atomic E-state index is 12.7. The minimum Gasteiger partial charge on any atom is -0.386 e. The number of allylic oxidation sites excluding steroid dienone is 8. The number of nitrogens with zero attached hydrogens (tertiary/aromatic N) is 4. The van der Waals surface area contributed by atoms with Gasteiger partial charge in [-0.15, -0.1) is 0 Å². The van der Waals surface area contributed by atoms with E-state index in [0.29, 0.717) is 12.2 Å². The standard InChI is InChI=1S/C41H66N7O17P3S/c1-4-5-6-7-8-9-10-11-12-13-14-15-16-17-18-19-20-21-32(50)69-25-24-43-31(49)22-23-44-39(53)36(52)41(2,3)27-62-68(59,60)65-67(57,58)61-26-30-35(64-66(54,55)56)34(51)40(63-30)48-29-47-33-37(42)45-28-46-38(33)48/h5-6,8-9,11-12,14-15,28-30,34-36,40,51-52H,4,7,10,13,16-27H2,1-3H3,(H,43,49)(H,44,53)(H,57,58)(H,59,60)(H2,42,45,46)(H2,54,55,56)/b6-5-,9-8-,12-11-,15-14-/t30-,34-,35-,36+,40-/m1/s1. The first-order chi connectivity index (χ1) is 32.6. The van der Waals surface area contributed by atoms with Crippen molar-refractivity contribution in [3.8, 4) is 0 Å². The van der Waals surface area contributed by atoms with Crippen molar-refractivity contribution >= 4 is 69.1 Å². The number of aromatic nitrogens is 4. The molecular formula is C41H66N7O17P3S. The molecule has 24 nitrogen and oxygen atoms in total. The van der Waals surface area contributed by atoms with Gasteiger partial charge in [0.25, 0.3) is 0 Å². The Balaban J connectivity index is 1.29. The molecule has 1 aliphatic heterocycles. The number of anilines is 1. The Labute approximate surface area is 405 Å². The normalized spacial score (nSPS) is 20.3. The number of aliphatic hydroxyl groups excluding tert-OH is 2. The highest BCUT2D eigenvalue weighted by atomic mass is 32.2. The Kier molecular flexibility index (Phi) is 25.8. The van der Waals surface area contributed by atoms with Gasteiger partial charge in [0.2, 0.25) is 11.8 Å². The smallest absolute Gasteiger partial charge is 0.386 e. The highest BCUT2D eigenvalue weighted by molar-refractivity contribution is 8.13. The van der Waals surface area contributed by atoms with Crippen molar-refractivity contribution in [2.45, 2.75) is 122 Å². The number of nitrogens with one attached hydrogen (secondary N) is 2. The first-order valence-corrected chi connectivity index (χ1v) is 27.7. The predicted molar refractivity (Wildman–Crippen MR) is 256 cm³/mol. The summed E-state index contributed by atoms with van der Waals surface area (Å²) in [4.78, 5) is 88.4. The largest absolute Gasteiger partial charge is 0.481 e. The van der Waals surface area contributed by atoms with Crippen molar-refractivity contribution in [1.29, 1.82) is 0 Å². The number of carbonyl (C=O) groups is 3. The topological polar surface area (TPSA) is 364 Å². The molecule has 3 heterocycles. The Morgan fingerprint density at radius 3 is 2.19 bits per heavy atom. The number of imidazole rings is 1.